The second-order valence-electron chi connectivity index (χ2n) is 7.50. The van der Waals surface area contributed by atoms with Crippen molar-refractivity contribution in [1.29, 1.82) is 0 Å². The summed E-state index contributed by atoms with van der Waals surface area (Å²) in [4.78, 5) is 32.2. The van der Waals surface area contributed by atoms with Crippen LogP contribution in [0, 0.1) is 5.92 Å². The monoisotopic (exact) mass is 449 g/mol. The van der Waals surface area contributed by atoms with Crippen molar-refractivity contribution in [3.63, 3.8) is 0 Å². The molecule has 11 heteroatoms. The number of hydrogen-bond acceptors (Lipinski definition) is 8. The summed E-state index contributed by atoms with van der Waals surface area (Å²) in [6.07, 6.45) is 8.47. The molecule has 0 unspecified atom stereocenters. The molecule has 1 saturated carbocycles. The van der Waals surface area contributed by atoms with Crippen molar-refractivity contribution in [3.05, 3.63) is 54.1 Å². The van der Waals surface area contributed by atoms with E-state index in [4.69, 9.17) is 4.74 Å². The molecule has 1 aliphatic rings. The largest absolute Gasteiger partial charge is 0.465 e. The van der Waals surface area contributed by atoms with Gasteiger partial charge < -0.3 is 10.1 Å². The Morgan fingerprint density at radius 1 is 1.38 bits per heavy atom. The molecule has 1 fully saturated rings. The molecule has 2 N–H and O–H groups in total. The van der Waals surface area contributed by atoms with Crippen LogP contribution < -0.4 is 5.32 Å². The summed E-state index contributed by atoms with van der Waals surface area (Å²) < 4.78 is 6.79. The van der Waals surface area contributed by atoms with E-state index in [2.05, 4.69) is 30.6 Å². The lowest BCUT2D eigenvalue weighted by Crippen LogP contribution is -2.33. The lowest BCUT2D eigenvalue weighted by Gasteiger charge is -2.33. The molecule has 4 aromatic rings. The van der Waals surface area contributed by atoms with Gasteiger partial charge in [-0.25, -0.2) is 4.98 Å². The zero-order valence-corrected chi connectivity index (χ0v) is 17.7. The zero-order valence-electron chi connectivity index (χ0n) is 16.8. The molecule has 4 aromatic heterocycles. The van der Waals surface area contributed by atoms with Gasteiger partial charge in [0.15, 0.2) is 0 Å². The molecule has 32 heavy (non-hydrogen) atoms. The highest BCUT2D eigenvalue weighted by Crippen LogP contribution is 2.33. The molecule has 0 bridgehead atoms. The van der Waals surface area contributed by atoms with E-state index in [0.717, 1.165) is 18.4 Å². The maximum absolute atomic E-state index is 12.9. The lowest BCUT2D eigenvalue weighted by molar-refractivity contribution is -0.140. The Morgan fingerprint density at radius 3 is 3.03 bits per heavy atom. The van der Waals surface area contributed by atoms with Gasteiger partial charge in [-0.3, -0.25) is 24.4 Å². The highest BCUT2D eigenvalue weighted by atomic mass is 32.1. The minimum Gasteiger partial charge on any atom is -0.465 e. The molecule has 0 saturated heterocycles. The van der Waals surface area contributed by atoms with E-state index in [1.165, 1.54) is 11.3 Å². The minimum absolute atomic E-state index is 0.0171. The predicted octanol–water partition coefficient (Wildman–Crippen LogP) is 3.00. The Hall–Kier alpha value is -3.86. The van der Waals surface area contributed by atoms with Gasteiger partial charge in [-0.1, -0.05) is 6.07 Å². The second-order valence-corrected chi connectivity index (χ2v) is 8.36. The number of H-pyrrole nitrogens is 1. The fraction of sp³-hybridized carbons (Fsp3) is 0.238. The Balaban J connectivity index is 1.35. The number of ether oxygens (including phenoxy) is 1. The number of nitrogens with zero attached hydrogens (tertiary/aromatic N) is 5. The van der Waals surface area contributed by atoms with Crippen LogP contribution in [0.2, 0.25) is 0 Å². The summed E-state index contributed by atoms with van der Waals surface area (Å²) >= 11 is 1.37. The number of pyridine rings is 1. The SMILES string of the molecule is O=COC1CC(Cn2cc(NC(=O)c3csc(-c4cn[nH]c4)n3)c(-c3ccccn3)n2)C1. The minimum atomic E-state index is -0.323. The first kappa shape index (κ1) is 20.1. The van der Waals surface area contributed by atoms with Crippen LogP contribution in [0.1, 0.15) is 23.3 Å². The average molecular weight is 449 g/mol. The molecular weight excluding hydrogens is 430 g/mol. The van der Waals surface area contributed by atoms with Gasteiger partial charge in [0.2, 0.25) is 0 Å². The zero-order chi connectivity index (χ0) is 21.9. The number of nitrogens with one attached hydrogen (secondary N) is 2. The first-order valence-corrected chi connectivity index (χ1v) is 10.9. The molecule has 4 heterocycles. The molecule has 0 radical (unpaired) electrons. The van der Waals surface area contributed by atoms with Gasteiger partial charge in [0.05, 0.1) is 17.6 Å². The van der Waals surface area contributed by atoms with E-state index in [-0.39, 0.29) is 12.0 Å². The highest BCUT2D eigenvalue weighted by molar-refractivity contribution is 7.13. The predicted molar refractivity (Wildman–Crippen MR) is 117 cm³/mol. The third kappa shape index (κ3) is 4.14. The first-order chi connectivity index (χ1) is 15.7. The van der Waals surface area contributed by atoms with Crippen molar-refractivity contribution in [2.75, 3.05) is 5.32 Å². The van der Waals surface area contributed by atoms with Crippen molar-refractivity contribution in [1.82, 2.24) is 29.9 Å². The van der Waals surface area contributed by atoms with Crippen molar-refractivity contribution >= 4 is 29.4 Å². The topological polar surface area (TPSA) is 128 Å². The van der Waals surface area contributed by atoms with E-state index in [1.54, 1.807) is 34.8 Å². The fourth-order valence-corrected chi connectivity index (χ4v) is 4.42. The number of carbonyl (C=O) groups excluding carboxylic acids is 2. The Morgan fingerprint density at radius 2 is 2.28 bits per heavy atom. The second kappa shape index (κ2) is 8.71. The number of thiazole rings is 1. The molecule has 1 aliphatic carbocycles. The summed E-state index contributed by atoms with van der Waals surface area (Å²) in [7, 11) is 0. The molecule has 0 aromatic carbocycles. The molecule has 0 spiro atoms. The highest BCUT2D eigenvalue weighted by Gasteiger charge is 2.31. The maximum atomic E-state index is 12.9. The van der Waals surface area contributed by atoms with Crippen LogP contribution in [0.4, 0.5) is 5.69 Å². The van der Waals surface area contributed by atoms with Gasteiger partial charge in [0, 0.05) is 36.1 Å². The molecular formula is C21H19N7O3S. The lowest BCUT2D eigenvalue weighted by atomic mass is 9.82. The van der Waals surface area contributed by atoms with E-state index in [9.17, 15) is 9.59 Å². The third-order valence-corrected chi connectivity index (χ3v) is 6.18. The third-order valence-electron chi connectivity index (χ3n) is 5.29. The summed E-state index contributed by atoms with van der Waals surface area (Å²) in [5.41, 5.74) is 2.96. The normalized spacial score (nSPS) is 17.5. The van der Waals surface area contributed by atoms with E-state index < -0.39 is 0 Å². The molecule has 1 amide bonds. The summed E-state index contributed by atoms with van der Waals surface area (Å²) in [6.45, 7) is 1.16. The van der Waals surface area contributed by atoms with Gasteiger partial charge >= 0.3 is 0 Å². The van der Waals surface area contributed by atoms with Crippen molar-refractivity contribution < 1.29 is 14.3 Å². The average Bonchev–Trinajstić information content (AvgIpc) is 3.53. The number of aromatic nitrogens is 6. The Bertz CT molecular complexity index is 1210. The van der Waals surface area contributed by atoms with Gasteiger partial charge in [0.25, 0.3) is 12.4 Å². The van der Waals surface area contributed by atoms with Gasteiger partial charge in [-0.15, -0.1) is 11.3 Å². The Kier molecular flexibility index (Phi) is 5.46. The van der Waals surface area contributed by atoms with Gasteiger partial charge in [-0.2, -0.15) is 10.2 Å². The van der Waals surface area contributed by atoms with Crippen molar-refractivity contribution in [2.45, 2.75) is 25.5 Å². The first-order valence-electron chi connectivity index (χ1n) is 10.0. The molecule has 5 rings (SSSR count). The van der Waals surface area contributed by atoms with Crippen LogP contribution in [0.3, 0.4) is 0 Å². The Labute approximate surface area is 186 Å². The standard InChI is InChI=1S/C21H19N7O3S/c29-12-31-15-5-13(6-15)9-28-10-17(19(27-28)16-3-1-2-4-22-16)25-20(30)18-11-32-21(26-18)14-7-23-24-8-14/h1-4,7-8,10-13,15H,5-6,9H2,(H,23,24)(H,25,30). The van der Waals surface area contributed by atoms with Crippen LogP contribution in [0.25, 0.3) is 22.0 Å². The smallest absolute Gasteiger partial charge is 0.293 e. The molecule has 162 valence electrons. The number of amides is 1. The molecule has 0 atom stereocenters. The summed E-state index contributed by atoms with van der Waals surface area (Å²) in [6, 6.07) is 5.55. The quantitative estimate of drug-likeness (QED) is 0.396. The van der Waals surface area contributed by atoms with Crippen LogP contribution in [-0.2, 0) is 16.1 Å². The summed E-state index contributed by atoms with van der Waals surface area (Å²) in [5.74, 6) is 0.0341. The fourth-order valence-electron chi connectivity index (χ4n) is 3.64. The number of carbonyl (C=O) groups is 2. The number of rotatable bonds is 8. The molecule has 10 nitrogen and oxygen atoms in total. The van der Waals surface area contributed by atoms with E-state index in [1.807, 2.05) is 18.2 Å². The van der Waals surface area contributed by atoms with Crippen LogP contribution in [-0.4, -0.2) is 48.4 Å². The van der Waals surface area contributed by atoms with Crippen LogP contribution >= 0.6 is 11.3 Å². The van der Waals surface area contributed by atoms with Crippen LogP contribution in [0.15, 0.2) is 48.4 Å². The van der Waals surface area contributed by atoms with E-state index >= 15 is 0 Å². The van der Waals surface area contributed by atoms with Crippen molar-refractivity contribution in [3.8, 4) is 22.0 Å². The summed E-state index contributed by atoms with van der Waals surface area (Å²) in [5, 5.41) is 16.7. The van der Waals surface area contributed by atoms with Crippen LogP contribution in [0.5, 0.6) is 0 Å². The number of hydrogen-bond donors (Lipinski definition) is 2. The van der Waals surface area contributed by atoms with E-state index in [0.29, 0.717) is 46.7 Å². The molecule has 0 aliphatic heterocycles. The van der Waals surface area contributed by atoms with Gasteiger partial charge in [0.1, 0.15) is 22.5 Å². The number of anilines is 1. The van der Waals surface area contributed by atoms with Gasteiger partial charge in [-0.05, 0) is 30.9 Å². The maximum Gasteiger partial charge on any atom is 0.293 e. The number of aromatic amines is 1. The van der Waals surface area contributed by atoms with Crippen molar-refractivity contribution in [2.24, 2.45) is 5.92 Å².